The lowest BCUT2D eigenvalue weighted by molar-refractivity contribution is -0.384. The third-order valence-corrected chi connectivity index (χ3v) is 5.24. The molecule has 1 atom stereocenters. The number of nitro groups is 1. The van der Waals surface area contributed by atoms with Crippen LogP contribution in [0.2, 0.25) is 0 Å². The summed E-state index contributed by atoms with van der Waals surface area (Å²) in [6, 6.07) is 13.4. The number of non-ortho nitro benzene ring substituents is 1. The van der Waals surface area contributed by atoms with Crippen LogP contribution in [0.15, 0.2) is 54.6 Å². The van der Waals surface area contributed by atoms with E-state index in [1.807, 2.05) is 30.3 Å². The van der Waals surface area contributed by atoms with Crippen LogP contribution < -0.4 is 4.31 Å². The molecule has 2 aromatic rings. The molecule has 0 heterocycles. The van der Waals surface area contributed by atoms with E-state index in [-0.39, 0.29) is 11.4 Å². The summed E-state index contributed by atoms with van der Waals surface area (Å²) in [5.74, 6) is -0.421. The zero-order valence-corrected chi connectivity index (χ0v) is 16.1. The van der Waals surface area contributed by atoms with Crippen LogP contribution in [0.3, 0.4) is 0 Å². The Morgan fingerprint density at radius 1 is 1.15 bits per heavy atom. The molecule has 0 aromatic heterocycles. The molecule has 0 fully saturated rings. The van der Waals surface area contributed by atoms with Crippen LogP contribution >= 0.6 is 0 Å². The Bertz CT molecular complexity index is 931. The van der Waals surface area contributed by atoms with Crippen LogP contribution in [-0.2, 0) is 21.4 Å². The number of rotatable bonds is 7. The minimum Gasteiger partial charge on any atom is -0.340 e. The van der Waals surface area contributed by atoms with Crippen molar-refractivity contribution in [2.45, 2.75) is 19.5 Å². The molecule has 0 aliphatic heterocycles. The molecule has 0 spiro atoms. The highest BCUT2D eigenvalue weighted by Gasteiger charge is 2.31. The predicted molar refractivity (Wildman–Crippen MR) is 103 cm³/mol. The first kappa shape index (κ1) is 20.4. The standard InChI is InChI=1S/C18H21N3O5S/c1-14(18(22)19(2)13-15-8-5-4-6-9-15)20(27(3,25)26)16-10-7-11-17(12-16)21(23)24/h4-12,14H,13H2,1-3H3/t14-/m0/s1. The molecule has 27 heavy (non-hydrogen) atoms. The average Bonchev–Trinajstić information content (AvgIpc) is 2.61. The van der Waals surface area contributed by atoms with E-state index in [2.05, 4.69) is 0 Å². The largest absolute Gasteiger partial charge is 0.340 e. The van der Waals surface area contributed by atoms with E-state index >= 15 is 0 Å². The van der Waals surface area contributed by atoms with Crippen LogP contribution in [0.25, 0.3) is 0 Å². The van der Waals surface area contributed by atoms with Crippen molar-refractivity contribution in [1.82, 2.24) is 4.90 Å². The highest BCUT2D eigenvalue weighted by atomic mass is 32.2. The van der Waals surface area contributed by atoms with Gasteiger partial charge in [0.15, 0.2) is 0 Å². The molecule has 0 bridgehead atoms. The van der Waals surface area contributed by atoms with E-state index in [0.29, 0.717) is 6.54 Å². The molecular weight excluding hydrogens is 370 g/mol. The van der Waals surface area contributed by atoms with Crippen molar-refractivity contribution in [3.8, 4) is 0 Å². The summed E-state index contributed by atoms with van der Waals surface area (Å²) in [7, 11) is -2.26. The van der Waals surface area contributed by atoms with Gasteiger partial charge in [-0.3, -0.25) is 19.2 Å². The molecule has 0 N–H and O–H groups in total. The van der Waals surface area contributed by atoms with Gasteiger partial charge in [-0.15, -0.1) is 0 Å². The van der Waals surface area contributed by atoms with Gasteiger partial charge < -0.3 is 4.90 Å². The first-order valence-corrected chi connectivity index (χ1v) is 9.99. The van der Waals surface area contributed by atoms with Crippen molar-refractivity contribution in [2.24, 2.45) is 0 Å². The summed E-state index contributed by atoms with van der Waals surface area (Å²) in [5.41, 5.74) is 0.723. The van der Waals surface area contributed by atoms with Crippen LogP contribution in [0.4, 0.5) is 11.4 Å². The number of benzene rings is 2. The van der Waals surface area contributed by atoms with Crippen molar-refractivity contribution in [2.75, 3.05) is 17.6 Å². The molecule has 8 nitrogen and oxygen atoms in total. The summed E-state index contributed by atoms with van der Waals surface area (Å²) in [6.45, 7) is 1.78. The van der Waals surface area contributed by atoms with Gasteiger partial charge in [0, 0.05) is 25.7 Å². The van der Waals surface area contributed by atoms with Gasteiger partial charge in [0.1, 0.15) is 6.04 Å². The Kier molecular flexibility index (Phi) is 6.17. The number of carbonyl (C=O) groups excluding carboxylic acids is 1. The van der Waals surface area contributed by atoms with Gasteiger partial charge in [-0.25, -0.2) is 8.42 Å². The molecule has 0 saturated heterocycles. The SMILES string of the molecule is C[C@@H](C(=O)N(C)Cc1ccccc1)N(c1cccc([N+](=O)[O-])c1)S(C)(=O)=O. The molecular formula is C18H21N3O5S. The Labute approximate surface area is 158 Å². The molecule has 144 valence electrons. The van der Waals surface area contributed by atoms with Crippen molar-refractivity contribution < 1.29 is 18.1 Å². The Morgan fingerprint density at radius 2 is 1.78 bits per heavy atom. The maximum atomic E-state index is 12.8. The number of sulfonamides is 1. The number of hydrogen-bond donors (Lipinski definition) is 0. The molecule has 0 aliphatic rings. The fourth-order valence-electron chi connectivity index (χ4n) is 2.80. The average molecular weight is 391 g/mol. The lowest BCUT2D eigenvalue weighted by Crippen LogP contribution is -2.48. The topological polar surface area (TPSA) is 101 Å². The van der Waals surface area contributed by atoms with Crippen LogP contribution in [-0.4, -0.2) is 43.5 Å². The molecule has 0 radical (unpaired) electrons. The third-order valence-electron chi connectivity index (χ3n) is 4.00. The number of amides is 1. The van der Waals surface area contributed by atoms with E-state index in [1.165, 1.54) is 30.0 Å². The highest BCUT2D eigenvalue weighted by Crippen LogP contribution is 2.26. The van der Waals surface area contributed by atoms with Crippen LogP contribution in [0.5, 0.6) is 0 Å². The first-order valence-electron chi connectivity index (χ1n) is 8.14. The van der Waals surface area contributed by atoms with Crippen molar-refractivity contribution in [3.05, 3.63) is 70.3 Å². The minimum atomic E-state index is -3.85. The third kappa shape index (κ3) is 5.04. The number of hydrogen-bond acceptors (Lipinski definition) is 5. The monoisotopic (exact) mass is 391 g/mol. The fraction of sp³-hybridized carbons (Fsp3) is 0.278. The fourth-order valence-corrected chi connectivity index (χ4v) is 3.96. The minimum absolute atomic E-state index is 0.0701. The quantitative estimate of drug-likeness (QED) is 0.533. The zero-order valence-electron chi connectivity index (χ0n) is 15.3. The predicted octanol–water partition coefficient (Wildman–Crippen LogP) is 2.41. The van der Waals surface area contributed by atoms with Crippen LogP contribution in [0, 0.1) is 10.1 Å². The molecule has 0 saturated carbocycles. The Balaban J connectivity index is 2.32. The molecule has 9 heteroatoms. The van der Waals surface area contributed by atoms with E-state index < -0.39 is 26.9 Å². The number of anilines is 1. The second-order valence-corrected chi connectivity index (χ2v) is 8.05. The van der Waals surface area contributed by atoms with Crippen molar-refractivity contribution >= 4 is 27.3 Å². The summed E-state index contributed by atoms with van der Waals surface area (Å²) in [5, 5.41) is 11.0. The summed E-state index contributed by atoms with van der Waals surface area (Å²) in [4.78, 5) is 24.6. The number of nitro benzene ring substituents is 1. The van der Waals surface area contributed by atoms with E-state index in [1.54, 1.807) is 7.05 Å². The maximum Gasteiger partial charge on any atom is 0.271 e. The maximum absolute atomic E-state index is 12.8. The number of likely N-dealkylation sites (N-methyl/N-ethyl adjacent to an activating group) is 1. The highest BCUT2D eigenvalue weighted by molar-refractivity contribution is 7.92. The van der Waals surface area contributed by atoms with Gasteiger partial charge in [0.2, 0.25) is 15.9 Å². The second-order valence-electron chi connectivity index (χ2n) is 6.19. The summed E-state index contributed by atoms with van der Waals surface area (Å²) >= 11 is 0. The molecule has 2 aromatic carbocycles. The van der Waals surface area contributed by atoms with E-state index in [4.69, 9.17) is 0 Å². The smallest absolute Gasteiger partial charge is 0.271 e. The zero-order chi connectivity index (χ0) is 20.2. The lowest BCUT2D eigenvalue weighted by Gasteiger charge is -2.31. The lowest BCUT2D eigenvalue weighted by atomic mass is 10.2. The van der Waals surface area contributed by atoms with Gasteiger partial charge >= 0.3 is 0 Å². The van der Waals surface area contributed by atoms with E-state index in [9.17, 15) is 23.3 Å². The van der Waals surface area contributed by atoms with Gasteiger partial charge in [-0.05, 0) is 18.6 Å². The number of carbonyl (C=O) groups is 1. The first-order chi connectivity index (χ1) is 12.6. The molecule has 1 amide bonds. The van der Waals surface area contributed by atoms with Crippen molar-refractivity contribution in [3.63, 3.8) is 0 Å². The molecule has 0 aliphatic carbocycles. The van der Waals surface area contributed by atoms with Crippen molar-refractivity contribution in [1.29, 1.82) is 0 Å². The normalized spacial score (nSPS) is 12.3. The Morgan fingerprint density at radius 3 is 2.33 bits per heavy atom. The Hall–Kier alpha value is -2.94. The van der Waals surface area contributed by atoms with E-state index in [0.717, 1.165) is 22.2 Å². The van der Waals surface area contributed by atoms with Gasteiger partial charge in [-0.1, -0.05) is 36.4 Å². The van der Waals surface area contributed by atoms with Gasteiger partial charge in [0.05, 0.1) is 16.9 Å². The number of nitrogens with zero attached hydrogens (tertiary/aromatic N) is 3. The summed E-state index contributed by atoms with van der Waals surface area (Å²) in [6.07, 6.45) is 0.965. The molecule has 2 rings (SSSR count). The second kappa shape index (κ2) is 8.17. The van der Waals surface area contributed by atoms with Gasteiger partial charge in [0.25, 0.3) is 5.69 Å². The molecule has 0 unspecified atom stereocenters. The van der Waals surface area contributed by atoms with Crippen LogP contribution in [0.1, 0.15) is 12.5 Å². The summed E-state index contributed by atoms with van der Waals surface area (Å²) < 4.78 is 25.6. The van der Waals surface area contributed by atoms with Gasteiger partial charge in [-0.2, -0.15) is 0 Å².